The average molecular weight is 185 g/mol. The van der Waals surface area contributed by atoms with Gasteiger partial charge in [0.05, 0.1) is 0 Å². The van der Waals surface area contributed by atoms with Gasteiger partial charge in [0.25, 0.3) is 0 Å². The first kappa shape index (κ1) is 10.5. The van der Waals surface area contributed by atoms with Gasteiger partial charge in [0.1, 0.15) is 0 Å². The molecule has 0 amide bonds. The van der Waals surface area contributed by atoms with Crippen LogP contribution in [0.3, 0.4) is 0 Å². The predicted octanol–water partition coefficient (Wildman–Crippen LogP) is 1.76. The van der Waals surface area contributed by atoms with E-state index in [4.69, 9.17) is 10.8 Å². The molecule has 2 unspecified atom stereocenters. The lowest BCUT2D eigenvalue weighted by atomic mass is 9.85. The van der Waals surface area contributed by atoms with Gasteiger partial charge in [0.2, 0.25) is 0 Å². The van der Waals surface area contributed by atoms with E-state index >= 15 is 0 Å². The molecule has 0 spiro atoms. The molecule has 0 heterocycles. The largest absolute Gasteiger partial charge is 0.481 e. The number of hydrogen-bond donors (Lipinski definition) is 2. The van der Waals surface area contributed by atoms with Crippen molar-refractivity contribution in [2.24, 2.45) is 11.7 Å². The molecule has 0 aromatic heterocycles. The number of aliphatic carboxylic acids is 1. The SMILES string of the molecule is NC1CCCCCCC1CC(=O)O. The molecule has 3 heteroatoms. The first-order chi connectivity index (χ1) is 6.20. The summed E-state index contributed by atoms with van der Waals surface area (Å²) >= 11 is 0. The van der Waals surface area contributed by atoms with Crippen molar-refractivity contribution < 1.29 is 9.90 Å². The molecule has 13 heavy (non-hydrogen) atoms. The molecule has 1 rings (SSSR count). The van der Waals surface area contributed by atoms with Gasteiger partial charge in [0.15, 0.2) is 0 Å². The Balaban J connectivity index is 2.41. The Kier molecular flexibility index (Phi) is 4.22. The summed E-state index contributed by atoms with van der Waals surface area (Å²) in [6, 6.07) is 0.108. The van der Waals surface area contributed by atoms with Gasteiger partial charge in [-0.3, -0.25) is 4.79 Å². The maximum atomic E-state index is 10.6. The van der Waals surface area contributed by atoms with E-state index in [2.05, 4.69) is 0 Å². The minimum atomic E-state index is -0.707. The highest BCUT2D eigenvalue weighted by atomic mass is 16.4. The van der Waals surface area contributed by atoms with Crippen molar-refractivity contribution in [3.8, 4) is 0 Å². The van der Waals surface area contributed by atoms with Gasteiger partial charge >= 0.3 is 5.97 Å². The van der Waals surface area contributed by atoms with E-state index in [0.717, 1.165) is 25.7 Å². The van der Waals surface area contributed by atoms with Crippen molar-refractivity contribution in [3.05, 3.63) is 0 Å². The minimum absolute atomic E-state index is 0.108. The maximum absolute atomic E-state index is 10.6. The zero-order chi connectivity index (χ0) is 9.68. The van der Waals surface area contributed by atoms with Crippen molar-refractivity contribution in [2.75, 3.05) is 0 Å². The fraction of sp³-hybridized carbons (Fsp3) is 0.900. The van der Waals surface area contributed by atoms with Crippen LogP contribution in [-0.2, 0) is 4.79 Å². The zero-order valence-corrected chi connectivity index (χ0v) is 8.04. The summed E-state index contributed by atoms with van der Waals surface area (Å²) in [5, 5.41) is 8.69. The molecule has 76 valence electrons. The highest BCUT2D eigenvalue weighted by Gasteiger charge is 2.21. The molecule has 2 atom stereocenters. The summed E-state index contributed by atoms with van der Waals surface area (Å²) in [6.45, 7) is 0. The predicted molar refractivity (Wildman–Crippen MR) is 51.4 cm³/mol. The molecule has 3 nitrogen and oxygen atoms in total. The van der Waals surface area contributed by atoms with E-state index in [9.17, 15) is 4.79 Å². The highest BCUT2D eigenvalue weighted by Crippen LogP contribution is 2.23. The number of carboxylic acid groups (broad SMARTS) is 1. The van der Waals surface area contributed by atoms with Gasteiger partial charge in [-0.05, 0) is 18.8 Å². The summed E-state index contributed by atoms with van der Waals surface area (Å²) in [5.74, 6) is -0.501. The van der Waals surface area contributed by atoms with Crippen LogP contribution in [0, 0.1) is 5.92 Å². The molecule has 1 fully saturated rings. The Morgan fingerprint density at radius 3 is 2.46 bits per heavy atom. The summed E-state index contributed by atoms with van der Waals surface area (Å²) in [7, 11) is 0. The molecule has 0 aromatic rings. The normalized spacial score (nSPS) is 30.5. The summed E-state index contributed by atoms with van der Waals surface area (Å²) in [4.78, 5) is 10.6. The molecule has 1 saturated carbocycles. The number of rotatable bonds is 2. The first-order valence-electron chi connectivity index (χ1n) is 5.17. The summed E-state index contributed by atoms with van der Waals surface area (Å²) in [5.41, 5.74) is 5.93. The van der Waals surface area contributed by atoms with Crippen LogP contribution in [0.1, 0.15) is 44.9 Å². The van der Waals surface area contributed by atoms with Crippen LogP contribution in [0.15, 0.2) is 0 Å². The van der Waals surface area contributed by atoms with Crippen LogP contribution in [0.25, 0.3) is 0 Å². The van der Waals surface area contributed by atoms with Gasteiger partial charge in [-0.25, -0.2) is 0 Å². The highest BCUT2D eigenvalue weighted by molar-refractivity contribution is 5.67. The van der Waals surface area contributed by atoms with Gasteiger partial charge in [0, 0.05) is 12.5 Å². The fourth-order valence-corrected chi connectivity index (χ4v) is 2.07. The van der Waals surface area contributed by atoms with Crippen LogP contribution in [0.2, 0.25) is 0 Å². The molecule has 0 saturated heterocycles. The van der Waals surface area contributed by atoms with E-state index in [0.29, 0.717) is 0 Å². The molecule has 1 aliphatic rings. The van der Waals surface area contributed by atoms with Crippen LogP contribution in [0.5, 0.6) is 0 Å². The quantitative estimate of drug-likeness (QED) is 0.689. The molecule has 0 bridgehead atoms. The molecule has 0 aliphatic heterocycles. The maximum Gasteiger partial charge on any atom is 0.303 e. The van der Waals surface area contributed by atoms with Crippen LogP contribution >= 0.6 is 0 Å². The third kappa shape index (κ3) is 3.77. The Hall–Kier alpha value is -0.570. The van der Waals surface area contributed by atoms with E-state index in [-0.39, 0.29) is 18.4 Å². The van der Waals surface area contributed by atoms with Crippen molar-refractivity contribution in [1.29, 1.82) is 0 Å². The Morgan fingerprint density at radius 1 is 1.23 bits per heavy atom. The average Bonchev–Trinajstić information content (AvgIpc) is 2.04. The van der Waals surface area contributed by atoms with E-state index < -0.39 is 5.97 Å². The van der Waals surface area contributed by atoms with Crippen molar-refractivity contribution in [1.82, 2.24) is 0 Å². The Labute approximate surface area is 79.3 Å². The van der Waals surface area contributed by atoms with Gasteiger partial charge < -0.3 is 10.8 Å². The lowest BCUT2D eigenvalue weighted by molar-refractivity contribution is -0.138. The molecular weight excluding hydrogens is 166 g/mol. The molecule has 0 radical (unpaired) electrons. The molecule has 1 aliphatic carbocycles. The van der Waals surface area contributed by atoms with Crippen molar-refractivity contribution >= 4 is 5.97 Å². The second kappa shape index (κ2) is 5.22. The van der Waals surface area contributed by atoms with Crippen molar-refractivity contribution in [2.45, 2.75) is 51.0 Å². The first-order valence-corrected chi connectivity index (χ1v) is 5.17. The second-order valence-electron chi connectivity index (χ2n) is 4.01. The summed E-state index contributed by atoms with van der Waals surface area (Å²) in [6.07, 6.45) is 7.05. The zero-order valence-electron chi connectivity index (χ0n) is 8.04. The smallest absolute Gasteiger partial charge is 0.303 e. The van der Waals surface area contributed by atoms with Crippen molar-refractivity contribution in [3.63, 3.8) is 0 Å². The monoisotopic (exact) mass is 185 g/mol. The Morgan fingerprint density at radius 2 is 1.85 bits per heavy atom. The van der Waals surface area contributed by atoms with E-state index in [1.165, 1.54) is 12.8 Å². The number of carboxylic acids is 1. The van der Waals surface area contributed by atoms with E-state index in [1.54, 1.807) is 0 Å². The van der Waals surface area contributed by atoms with E-state index in [1.807, 2.05) is 0 Å². The lowest BCUT2D eigenvalue weighted by Gasteiger charge is -2.24. The second-order valence-corrected chi connectivity index (χ2v) is 4.01. The van der Waals surface area contributed by atoms with Gasteiger partial charge in [-0.15, -0.1) is 0 Å². The van der Waals surface area contributed by atoms with Crippen LogP contribution in [0.4, 0.5) is 0 Å². The Bertz CT molecular complexity index is 170. The van der Waals surface area contributed by atoms with Gasteiger partial charge in [-0.1, -0.05) is 25.7 Å². The topological polar surface area (TPSA) is 63.3 Å². The molecule has 3 N–H and O–H groups in total. The number of nitrogens with two attached hydrogens (primary N) is 1. The third-order valence-corrected chi connectivity index (χ3v) is 2.90. The van der Waals surface area contributed by atoms with Crippen LogP contribution in [-0.4, -0.2) is 17.1 Å². The number of hydrogen-bond acceptors (Lipinski definition) is 2. The molecule has 0 aromatic carbocycles. The minimum Gasteiger partial charge on any atom is -0.481 e. The standard InChI is InChI=1S/C10H19NO2/c11-9-6-4-2-1-3-5-8(9)7-10(12)13/h8-9H,1-7,11H2,(H,12,13). The third-order valence-electron chi connectivity index (χ3n) is 2.90. The summed E-state index contributed by atoms with van der Waals surface area (Å²) < 4.78 is 0. The van der Waals surface area contributed by atoms with Gasteiger partial charge in [-0.2, -0.15) is 0 Å². The number of carbonyl (C=O) groups is 1. The van der Waals surface area contributed by atoms with Crippen LogP contribution < -0.4 is 5.73 Å². The molecular formula is C10H19NO2. The lowest BCUT2D eigenvalue weighted by Crippen LogP contribution is -2.32. The fourth-order valence-electron chi connectivity index (χ4n) is 2.07.